The van der Waals surface area contributed by atoms with Gasteiger partial charge in [0.1, 0.15) is 7.85 Å². The molecule has 0 N–H and O–H groups in total. The molecule has 2 radical (unpaired) electrons. The summed E-state index contributed by atoms with van der Waals surface area (Å²) in [5, 5.41) is 0. The van der Waals surface area contributed by atoms with Gasteiger partial charge >= 0.3 is 12.4 Å². The maximum absolute atomic E-state index is 12.1. The first-order valence-corrected chi connectivity index (χ1v) is 3.66. The minimum atomic E-state index is -4.74. The molecule has 80 valence electrons. The third-order valence-corrected chi connectivity index (χ3v) is 1.68. The summed E-state index contributed by atoms with van der Waals surface area (Å²) in [6.45, 7) is 0. The summed E-state index contributed by atoms with van der Waals surface area (Å²) in [5.41, 5.74) is -3.40. The summed E-state index contributed by atoms with van der Waals surface area (Å²) < 4.78 is 72.5. The number of benzene rings is 1. The van der Waals surface area contributed by atoms with Crippen LogP contribution in [0.25, 0.3) is 0 Å². The molecule has 0 unspecified atom stereocenters. The van der Waals surface area contributed by atoms with Gasteiger partial charge in [0, 0.05) is 5.56 Å². The molecular formula is C8H3BF6. The lowest BCUT2D eigenvalue weighted by molar-refractivity contribution is -0.140. The van der Waals surface area contributed by atoms with Gasteiger partial charge in [0.05, 0.1) is 5.56 Å². The van der Waals surface area contributed by atoms with E-state index in [2.05, 4.69) is 0 Å². The predicted molar refractivity (Wildman–Crippen MR) is 41.8 cm³/mol. The summed E-state index contributed by atoms with van der Waals surface area (Å²) in [4.78, 5) is 0. The first-order valence-electron chi connectivity index (χ1n) is 3.66. The van der Waals surface area contributed by atoms with Crippen LogP contribution < -0.4 is 5.46 Å². The Kier molecular flexibility index (Phi) is 2.76. The van der Waals surface area contributed by atoms with Crippen molar-refractivity contribution in [2.45, 2.75) is 12.4 Å². The molecule has 0 saturated carbocycles. The zero-order chi connectivity index (χ0) is 11.9. The lowest BCUT2D eigenvalue weighted by Gasteiger charge is -2.13. The van der Waals surface area contributed by atoms with Gasteiger partial charge in [-0.3, -0.25) is 0 Å². The fourth-order valence-electron chi connectivity index (χ4n) is 0.997. The van der Waals surface area contributed by atoms with Crippen molar-refractivity contribution in [3.05, 3.63) is 29.3 Å². The summed E-state index contributed by atoms with van der Waals surface area (Å²) in [6, 6.07) is 0.931. The smallest absolute Gasteiger partial charge is 0.166 e. The summed E-state index contributed by atoms with van der Waals surface area (Å²) in [7, 11) is 4.88. The van der Waals surface area contributed by atoms with E-state index in [0.717, 1.165) is 0 Å². The lowest BCUT2D eigenvalue weighted by Crippen LogP contribution is -2.21. The molecule has 0 aromatic heterocycles. The topological polar surface area (TPSA) is 0 Å². The van der Waals surface area contributed by atoms with Crippen molar-refractivity contribution in [2.24, 2.45) is 0 Å². The maximum Gasteiger partial charge on any atom is 0.416 e. The van der Waals surface area contributed by atoms with Crippen molar-refractivity contribution < 1.29 is 26.3 Å². The van der Waals surface area contributed by atoms with E-state index in [1.54, 1.807) is 0 Å². The molecule has 1 aromatic rings. The van der Waals surface area contributed by atoms with Gasteiger partial charge in [-0.25, -0.2) is 0 Å². The highest BCUT2D eigenvalue weighted by Crippen LogP contribution is 2.32. The Morgan fingerprint density at radius 1 is 0.867 bits per heavy atom. The Hall–Kier alpha value is -1.14. The molecule has 0 aliphatic heterocycles. The van der Waals surface area contributed by atoms with Gasteiger partial charge in [0.2, 0.25) is 0 Å². The number of hydrogen-bond acceptors (Lipinski definition) is 0. The molecule has 0 aliphatic carbocycles. The molecule has 1 aromatic carbocycles. The highest BCUT2D eigenvalue weighted by Gasteiger charge is 2.35. The Labute approximate surface area is 82.3 Å². The Balaban J connectivity index is 3.21. The third kappa shape index (κ3) is 2.67. The highest BCUT2D eigenvalue weighted by atomic mass is 19.4. The van der Waals surface area contributed by atoms with Crippen LogP contribution in [-0.2, 0) is 12.4 Å². The molecule has 0 nitrogen and oxygen atoms in total. The molecule has 0 amide bonds. The van der Waals surface area contributed by atoms with Crippen molar-refractivity contribution in [1.29, 1.82) is 0 Å². The van der Waals surface area contributed by atoms with Crippen LogP contribution in [0.5, 0.6) is 0 Å². The number of rotatable bonds is 0. The van der Waals surface area contributed by atoms with Gasteiger partial charge < -0.3 is 0 Å². The van der Waals surface area contributed by atoms with E-state index >= 15 is 0 Å². The first-order chi connectivity index (χ1) is 6.62. The Morgan fingerprint density at radius 3 is 1.73 bits per heavy atom. The van der Waals surface area contributed by atoms with Gasteiger partial charge in [0.15, 0.2) is 0 Å². The minimum Gasteiger partial charge on any atom is -0.166 e. The van der Waals surface area contributed by atoms with Crippen LogP contribution in [0, 0.1) is 0 Å². The minimum absolute atomic E-state index is 0.267. The van der Waals surface area contributed by atoms with Crippen LogP contribution in [0.1, 0.15) is 11.1 Å². The fourth-order valence-corrected chi connectivity index (χ4v) is 0.997. The van der Waals surface area contributed by atoms with Gasteiger partial charge in [-0.1, -0.05) is 17.6 Å². The average Bonchev–Trinajstić information content (AvgIpc) is 1.99. The third-order valence-electron chi connectivity index (χ3n) is 1.68. The van der Waals surface area contributed by atoms with Gasteiger partial charge in [0.25, 0.3) is 0 Å². The molecule has 7 heteroatoms. The quantitative estimate of drug-likeness (QED) is 0.469. The van der Waals surface area contributed by atoms with E-state index in [9.17, 15) is 26.3 Å². The second kappa shape index (κ2) is 3.46. The van der Waals surface area contributed by atoms with Crippen LogP contribution in [0.2, 0.25) is 0 Å². The molecule has 0 bridgehead atoms. The molecule has 15 heavy (non-hydrogen) atoms. The van der Waals surface area contributed by atoms with Crippen LogP contribution in [0.15, 0.2) is 18.2 Å². The molecule has 0 saturated heterocycles. The maximum atomic E-state index is 12.1. The van der Waals surface area contributed by atoms with Gasteiger partial charge in [-0.15, -0.1) is 0 Å². The summed E-state index contributed by atoms with van der Waals surface area (Å²) in [5.74, 6) is 0. The van der Waals surface area contributed by atoms with Crippen molar-refractivity contribution >= 4 is 13.3 Å². The van der Waals surface area contributed by atoms with E-state index in [1.165, 1.54) is 0 Å². The van der Waals surface area contributed by atoms with Crippen molar-refractivity contribution in [1.82, 2.24) is 0 Å². The largest absolute Gasteiger partial charge is 0.416 e. The molecule has 0 spiro atoms. The number of halogens is 6. The Bertz CT molecular complexity index is 364. The van der Waals surface area contributed by atoms with E-state index < -0.39 is 28.9 Å². The van der Waals surface area contributed by atoms with E-state index in [0.29, 0.717) is 12.1 Å². The molecule has 0 atom stereocenters. The molecule has 0 fully saturated rings. The van der Waals surface area contributed by atoms with Crippen LogP contribution >= 0.6 is 0 Å². The first kappa shape index (κ1) is 11.9. The zero-order valence-electron chi connectivity index (χ0n) is 7.08. The van der Waals surface area contributed by atoms with Gasteiger partial charge in [-0.2, -0.15) is 26.3 Å². The SMILES string of the molecule is [B]c1cc(C(F)(F)F)ccc1C(F)(F)F. The summed E-state index contributed by atoms with van der Waals surface area (Å²) >= 11 is 0. The standard InChI is InChI=1S/C8H3BF6/c9-6-3-4(7(10,11)12)1-2-5(6)8(13,14)15/h1-3H. The van der Waals surface area contributed by atoms with E-state index in [-0.39, 0.29) is 6.07 Å². The average molecular weight is 224 g/mol. The normalized spacial score (nSPS) is 12.9. The molecule has 1 rings (SSSR count). The predicted octanol–water partition coefficient (Wildman–Crippen LogP) is 2.52. The highest BCUT2D eigenvalue weighted by molar-refractivity contribution is 6.33. The molecule has 0 aliphatic rings. The monoisotopic (exact) mass is 224 g/mol. The van der Waals surface area contributed by atoms with Crippen LogP contribution in [0.3, 0.4) is 0 Å². The van der Waals surface area contributed by atoms with Crippen LogP contribution in [0.4, 0.5) is 26.3 Å². The fraction of sp³-hybridized carbons (Fsp3) is 0.250. The van der Waals surface area contributed by atoms with E-state index in [4.69, 9.17) is 7.85 Å². The second-order valence-corrected chi connectivity index (χ2v) is 2.80. The van der Waals surface area contributed by atoms with Crippen molar-refractivity contribution in [3.63, 3.8) is 0 Å². The van der Waals surface area contributed by atoms with Gasteiger partial charge in [-0.05, 0) is 6.07 Å². The Morgan fingerprint density at radius 2 is 1.40 bits per heavy atom. The number of hydrogen-bond donors (Lipinski definition) is 0. The number of alkyl halides is 6. The second-order valence-electron chi connectivity index (χ2n) is 2.80. The molecular weight excluding hydrogens is 221 g/mol. The summed E-state index contributed by atoms with van der Waals surface area (Å²) in [6.07, 6.45) is -9.44. The lowest BCUT2D eigenvalue weighted by atomic mass is 9.88. The van der Waals surface area contributed by atoms with Crippen molar-refractivity contribution in [3.8, 4) is 0 Å². The van der Waals surface area contributed by atoms with Crippen molar-refractivity contribution in [2.75, 3.05) is 0 Å². The zero-order valence-corrected chi connectivity index (χ0v) is 7.08. The van der Waals surface area contributed by atoms with E-state index in [1.807, 2.05) is 0 Å². The van der Waals surface area contributed by atoms with Crippen LogP contribution in [-0.4, -0.2) is 7.85 Å². The molecule has 0 heterocycles.